The number of carbonyl (C=O) groups is 1. The molecule has 0 N–H and O–H groups in total. The molecule has 0 aromatic heterocycles. The molecule has 2 bridgehead atoms. The summed E-state index contributed by atoms with van der Waals surface area (Å²) in [6.07, 6.45) is 14.9. The summed E-state index contributed by atoms with van der Waals surface area (Å²) in [5, 5.41) is 0. The molecule has 0 radical (unpaired) electrons. The van der Waals surface area contributed by atoms with Gasteiger partial charge in [0.2, 0.25) is 0 Å². The van der Waals surface area contributed by atoms with Crippen LogP contribution in [0.15, 0.2) is 12.2 Å². The number of hydrogen-bond acceptors (Lipinski definition) is 2. The van der Waals surface area contributed by atoms with E-state index >= 15 is 0 Å². The Morgan fingerprint density at radius 1 is 0.950 bits per heavy atom. The van der Waals surface area contributed by atoms with Crippen LogP contribution in [0.2, 0.25) is 0 Å². The maximum Gasteiger partial charge on any atom is 0.333 e. The number of ether oxygens (including phenoxy) is 1. The lowest BCUT2D eigenvalue weighted by Crippen LogP contribution is -2.35. The van der Waals surface area contributed by atoms with Gasteiger partial charge >= 0.3 is 5.97 Å². The molecule has 0 aromatic rings. The number of carbonyl (C=O) groups excluding carboxylic acids is 1. The Labute approximate surface area is 124 Å². The maximum atomic E-state index is 12.0. The summed E-state index contributed by atoms with van der Waals surface area (Å²) >= 11 is 0. The third-order valence-corrected chi connectivity index (χ3v) is 5.16. The van der Waals surface area contributed by atoms with Gasteiger partial charge in [0, 0.05) is 5.57 Å². The minimum atomic E-state index is -0.192. The van der Waals surface area contributed by atoms with Crippen molar-refractivity contribution < 1.29 is 9.53 Å². The van der Waals surface area contributed by atoms with Gasteiger partial charge in [0.25, 0.3) is 0 Å². The molecular weight excluding hydrogens is 248 g/mol. The second kappa shape index (κ2) is 7.28. The SMILES string of the molecule is C=C(C)C(=O)OC12CCCCCC(CCCCC1)CC2. The van der Waals surface area contributed by atoms with Crippen molar-refractivity contribution in [3.8, 4) is 0 Å². The zero-order chi connectivity index (χ0) is 14.4. The van der Waals surface area contributed by atoms with E-state index in [1.807, 2.05) is 0 Å². The molecule has 0 saturated heterocycles. The Morgan fingerprint density at radius 3 is 2.10 bits per heavy atom. The van der Waals surface area contributed by atoms with Crippen LogP contribution in [-0.4, -0.2) is 11.6 Å². The predicted molar refractivity (Wildman–Crippen MR) is 82.5 cm³/mol. The number of hydrogen-bond donors (Lipinski definition) is 0. The Balaban J connectivity index is 2.13. The molecule has 2 aliphatic rings. The van der Waals surface area contributed by atoms with Gasteiger partial charge in [-0.05, 0) is 51.4 Å². The highest BCUT2D eigenvalue weighted by Crippen LogP contribution is 2.38. The van der Waals surface area contributed by atoms with Crippen LogP contribution in [0.25, 0.3) is 0 Å². The summed E-state index contributed by atoms with van der Waals surface area (Å²) in [5.41, 5.74) is 0.346. The highest BCUT2D eigenvalue weighted by molar-refractivity contribution is 5.87. The Morgan fingerprint density at radius 2 is 1.55 bits per heavy atom. The standard InChI is InChI=1S/C18H30O2/c1-15(2)17(19)20-18-12-7-3-5-9-16(11-14-18)10-6-4-8-13-18/h16H,1,3-14H2,2H3. The Kier molecular flexibility index (Phi) is 5.68. The van der Waals surface area contributed by atoms with E-state index in [2.05, 4.69) is 6.58 Å². The fraction of sp³-hybridized carbons (Fsp3) is 0.833. The second-order valence-corrected chi connectivity index (χ2v) is 6.96. The van der Waals surface area contributed by atoms with Gasteiger partial charge in [-0.3, -0.25) is 0 Å². The van der Waals surface area contributed by atoms with Crippen LogP contribution in [0.3, 0.4) is 0 Å². The van der Waals surface area contributed by atoms with Gasteiger partial charge in [-0.25, -0.2) is 4.79 Å². The first-order valence-electron chi connectivity index (χ1n) is 8.50. The van der Waals surface area contributed by atoms with Crippen molar-refractivity contribution in [2.24, 2.45) is 5.92 Å². The van der Waals surface area contributed by atoms with Crippen LogP contribution >= 0.6 is 0 Å². The molecule has 0 spiro atoms. The highest BCUT2D eigenvalue weighted by Gasteiger charge is 2.35. The molecule has 0 heterocycles. The fourth-order valence-corrected chi connectivity index (χ4v) is 3.83. The normalized spacial score (nSPS) is 31.9. The lowest BCUT2D eigenvalue weighted by atomic mass is 9.85. The summed E-state index contributed by atoms with van der Waals surface area (Å²) < 4.78 is 5.97. The van der Waals surface area contributed by atoms with Crippen molar-refractivity contribution in [2.45, 2.75) is 89.6 Å². The van der Waals surface area contributed by atoms with Crippen molar-refractivity contribution >= 4 is 5.97 Å². The van der Waals surface area contributed by atoms with Crippen molar-refractivity contribution in [3.63, 3.8) is 0 Å². The molecule has 2 aliphatic carbocycles. The highest BCUT2D eigenvalue weighted by atomic mass is 16.6. The van der Waals surface area contributed by atoms with Crippen molar-refractivity contribution in [1.29, 1.82) is 0 Å². The molecule has 0 aliphatic heterocycles. The first kappa shape index (κ1) is 15.6. The maximum absolute atomic E-state index is 12.0. The van der Waals surface area contributed by atoms with Crippen LogP contribution in [0.5, 0.6) is 0 Å². The number of esters is 1. The topological polar surface area (TPSA) is 26.3 Å². The van der Waals surface area contributed by atoms with Gasteiger partial charge in [-0.15, -0.1) is 0 Å². The molecule has 2 fully saturated rings. The van der Waals surface area contributed by atoms with E-state index in [9.17, 15) is 4.79 Å². The van der Waals surface area contributed by atoms with Gasteiger partial charge in [0.05, 0.1) is 0 Å². The zero-order valence-corrected chi connectivity index (χ0v) is 13.1. The summed E-state index contributed by atoms with van der Waals surface area (Å²) in [6.45, 7) is 5.50. The molecular formula is C18H30O2. The van der Waals surface area contributed by atoms with Gasteiger partial charge < -0.3 is 4.74 Å². The van der Waals surface area contributed by atoms with E-state index in [1.165, 1.54) is 57.8 Å². The van der Waals surface area contributed by atoms with Crippen molar-refractivity contribution in [3.05, 3.63) is 12.2 Å². The summed E-state index contributed by atoms with van der Waals surface area (Å²) in [6, 6.07) is 0. The van der Waals surface area contributed by atoms with E-state index in [-0.39, 0.29) is 11.6 Å². The molecule has 2 saturated carbocycles. The lowest BCUT2D eigenvalue weighted by Gasteiger charge is -2.34. The minimum absolute atomic E-state index is 0.181. The van der Waals surface area contributed by atoms with Gasteiger partial charge in [-0.1, -0.05) is 45.1 Å². The van der Waals surface area contributed by atoms with Crippen LogP contribution in [-0.2, 0) is 9.53 Å². The largest absolute Gasteiger partial charge is 0.456 e. The number of fused-ring (bicyclic) bond motifs is 3. The molecule has 20 heavy (non-hydrogen) atoms. The van der Waals surface area contributed by atoms with Gasteiger partial charge in [-0.2, -0.15) is 0 Å². The van der Waals surface area contributed by atoms with E-state index in [0.717, 1.165) is 25.2 Å². The quantitative estimate of drug-likeness (QED) is 0.514. The van der Waals surface area contributed by atoms with Crippen molar-refractivity contribution in [1.82, 2.24) is 0 Å². The predicted octanol–water partition coefficient (Wildman–Crippen LogP) is 5.17. The summed E-state index contributed by atoms with van der Waals surface area (Å²) in [5.74, 6) is 0.675. The first-order chi connectivity index (χ1) is 9.61. The molecule has 0 amide bonds. The second-order valence-electron chi connectivity index (χ2n) is 6.96. The van der Waals surface area contributed by atoms with Crippen LogP contribution in [0.1, 0.15) is 84.0 Å². The third kappa shape index (κ3) is 4.36. The minimum Gasteiger partial charge on any atom is -0.456 e. The Hall–Kier alpha value is -0.790. The zero-order valence-electron chi connectivity index (χ0n) is 13.1. The molecule has 2 heteroatoms. The molecule has 0 aromatic carbocycles. The van der Waals surface area contributed by atoms with Crippen LogP contribution in [0, 0.1) is 5.92 Å². The van der Waals surface area contributed by atoms with E-state index in [1.54, 1.807) is 6.92 Å². The first-order valence-corrected chi connectivity index (χ1v) is 8.50. The fourth-order valence-electron chi connectivity index (χ4n) is 3.83. The van der Waals surface area contributed by atoms with Gasteiger partial charge in [0.15, 0.2) is 0 Å². The summed E-state index contributed by atoms with van der Waals surface area (Å²) in [4.78, 5) is 12.0. The molecule has 2 rings (SSSR count). The molecule has 2 nitrogen and oxygen atoms in total. The monoisotopic (exact) mass is 278 g/mol. The molecule has 114 valence electrons. The third-order valence-electron chi connectivity index (χ3n) is 5.16. The van der Waals surface area contributed by atoms with E-state index < -0.39 is 0 Å². The van der Waals surface area contributed by atoms with Gasteiger partial charge in [0.1, 0.15) is 5.60 Å². The van der Waals surface area contributed by atoms with Crippen LogP contribution < -0.4 is 0 Å². The smallest absolute Gasteiger partial charge is 0.333 e. The average molecular weight is 278 g/mol. The molecule has 0 unspecified atom stereocenters. The lowest BCUT2D eigenvalue weighted by molar-refractivity contribution is -0.158. The number of rotatable bonds is 2. The van der Waals surface area contributed by atoms with E-state index in [4.69, 9.17) is 4.74 Å². The van der Waals surface area contributed by atoms with Crippen molar-refractivity contribution in [2.75, 3.05) is 0 Å². The van der Waals surface area contributed by atoms with E-state index in [0.29, 0.717) is 5.57 Å². The average Bonchev–Trinajstić information content (AvgIpc) is 2.55. The molecule has 0 atom stereocenters. The Bertz CT molecular complexity index is 331. The summed E-state index contributed by atoms with van der Waals surface area (Å²) in [7, 11) is 0. The van der Waals surface area contributed by atoms with Crippen LogP contribution in [0.4, 0.5) is 0 Å².